The highest BCUT2D eigenvalue weighted by atomic mass is 16.5. The molecular weight excluding hydrogens is 355 g/mol. The third kappa shape index (κ3) is 3.48. The average Bonchev–Trinajstić information content (AvgIpc) is 2.78. The third-order valence-electron chi connectivity index (χ3n) is 5.26. The second-order valence-corrected chi connectivity index (χ2v) is 7.09. The zero-order valence-corrected chi connectivity index (χ0v) is 15.7. The molecule has 0 fully saturated rings. The Hall–Kier alpha value is -3.56. The van der Waals surface area contributed by atoms with Crippen LogP contribution < -0.4 is 4.65 Å². The van der Waals surface area contributed by atoms with Crippen molar-refractivity contribution in [3.8, 4) is 28.0 Å². The van der Waals surface area contributed by atoms with Crippen LogP contribution in [0.3, 0.4) is 0 Å². The van der Waals surface area contributed by atoms with Crippen LogP contribution in [-0.4, -0.2) is 12.7 Å². The molecule has 0 aliphatic carbocycles. The van der Waals surface area contributed by atoms with Crippen molar-refractivity contribution in [3.63, 3.8) is 0 Å². The van der Waals surface area contributed by atoms with Crippen LogP contribution in [0.2, 0.25) is 0 Å². The van der Waals surface area contributed by atoms with Gasteiger partial charge < -0.3 is 9.68 Å². The first-order valence-electron chi connectivity index (χ1n) is 9.56. The van der Waals surface area contributed by atoms with E-state index in [0.717, 1.165) is 29.9 Å². The Bertz CT molecular complexity index is 1230. The van der Waals surface area contributed by atoms with Gasteiger partial charge in [0, 0.05) is 0 Å². The van der Waals surface area contributed by atoms with E-state index in [0.29, 0.717) is 5.75 Å². The molecule has 0 unspecified atom stereocenters. The van der Waals surface area contributed by atoms with Crippen molar-refractivity contribution in [2.75, 3.05) is 0 Å². The standard InChI is InChI=1S/C26H18BO2/c28-27-29-26-16-24(22-11-9-18-5-1-3-7-20(18)13-22)15-25(17-26)23-12-10-19-6-2-4-8-21(19)14-23/h1-17,28H. The van der Waals surface area contributed by atoms with E-state index in [1.54, 1.807) is 0 Å². The summed E-state index contributed by atoms with van der Waals surface area (Å²) in [4.78, 5) is 0. The van der Waals surface area contributed by atoms with E-state index in [1.165, 1.54) is 21.5 Å². The fourth-order valence-electron chi connectivity index (χ4n) is 3.80. The van der Waals surface area contributed by atoms with Crippen molar-refractivity contribution in [1.82, 2.24) is 0 Å². The molecule has 0 aromatic heterocycles. The molecule has 3 heteroatoms. The molecule has 0 aliphatic heterocycles. The lowest BCUT2D eigenvalue weighted by atomic mass is 9.95. The quantitative estimate of drug-likeness (QED) is 0.378. The van der Waals surface area contributed by atoms with Crippen LogP contribution in [0.15, 0.2) is 103 Å². The topological polar surface area (TPSA) is 29.5 Å². The van der Waals surface area contributed by atoms with E-state index in [-0.39, 0.29) is 0 Å². The summed E-state index contributed by atoms with van der Waals surface area (Å²) in [6, 6.07) is 35.6. The van der Waals surface area contributed by atoms with Crippen molar-refractivity contribution in [2.45, 2.75) is 0 Å². The maximum absolute atomic E-state index is 9.18. The van der Waals surface area contributed by atoms with Gasteiger partial charge in [0.1, 0.15) is 5.75 Å². The lowest BCUT2D eigenvalue weighted by molar-refractivity contribution is 0.454. The van der Waals surface area contributed by atoms with Crippen molar-refractivity contribution in [2.24, 2.45) is 0 Å². The maximum Gasteiger partial charge on any atom is 0.569 e. The second-order valence-electron chi connectivity index (χ2n) is 7.09. The first-order valence-corrected chi connectivity index (χ1v) is 9.56. The van der Waals surface area contributed by atoms with Gasteiger partial charge in [0.2, 0.25) is 0 Å². The van der Waals surface area contributed by atoms with Gasteiger partial charge in [-0.25, -0.2) is 0 Å². The highest BCUT2D eigenvalue weighted by molar-refractivity contribution is 6.17. The Morgan fingerprint density at radius 2 is 0.966 bits per heavy atom. The van der Waals surface area contributed by atoms with Gasteiger partial charge >= 0.3 is 7.69 Å². The summed E-state index contributed by atoms with van der Waals surface area (Å²) in [5.74, 6) is 0.598. The zero-order valence-electron chi connectivity index (χ0n) is 15.7. The first kappa shape index (κ1) is 17.5. The van der Waals surface area contributed by atoms with Crippen molar-refractivity contribution in [1.29, 1.82) is 0 Å². The molecule has 0 amide bonds. The summed E-state index contributed by atoms with van der Waals surface area (Å²) in [7, 11) is 0.726. The van der Waals surface area contributed by atoms with E-state index in [4.69, 9.17) is 4.65 Å². The Kier molecular flexibility index (Phi) is 4.51. The van der Waals surface area contributed by atoms with Crippen LogP contribution in [-0.2, 0) is 0 Å². The molecule has 5 aromatic carbocycles. The van der Waals surface area contributed by atoms with Gasteiger partial charge in [-0.2, -0.15) is 0 Å². The van der Waals surface area contributed by atoms with Crippen molar-refractivity contribution < 1.29 is 9.68 Å². The molecule has 0 saturated heterocycles. The molecule has 5 aromatic rings. The summed E-state index contributed by atoms with van der Waals surface area (Å²) < 4.78 is 5.34. The van der Waals surface area contributed by atoms with Crippen LogP contribution in [0.5, 0.6) is 5.75 Å². The lowest BCUT2D eigenvalue weighted by Gasteiger charge is -2.12. The van der Waals surface area contributed by atoms with E-state index in [1.807, 2.05) is 36.4 Å². The highest BCUT2D eigenvalue weighted by Gasteiger charge is 2.08. The monoisotopic (exact) mass is 373 g/mol. The van der Waals surface area contributed by atoms with Gasteiger partial charge in [-0.1, -0.05) is 72.8 Å². The average molecular weight is 373 g/mol. The van der Waals surface area contributed by atoms with Gasteiger partial charge in [-0.3, -0.25) is 0 Å². The molecule has 1 radical (unpaired) electrons. The predicted molar refractivity (Wildman–Crippen MR) is 121 cm³/mol. The SMILES string of the molecule is O[B]Oc1cc(-c2ccc3ccccc3c2)cc(-c2ccc3ccccc3c2)c1. The summed E-state index contributed by atoms with van der Waals surface area (Å²) in [6.45, 7) is 0. The minimum absolute atomic E-state index is 0.598. The van der Waals surface area contributed by atoms with E-state index < -0.39 is 0 Å². The molecule has 0 aliphatic rings. The number of fused-ring (bicyclic) bond motifs is 2. The highest BCUT2D eigenvalue weighted by Crippen LogP contribution is 2.34. The third-order valence-corrected chi connectivity index (χ3v) is 5.26. The Morgan fingerprint density at radius 3 is 1.45 bits per heavy atom. The minimum atomic E-state index is 0.598. The van der Waals surface area contributed by atoms with E-state index >= 15 is 0 Å². The summed E-state index contributed by atoms with van der Waals surface area (Å²) in [5.41, 5.74) is 4.29. The van der Waals surface area contributed by atoms with Crippen LogP contribution in [0, 0.1) is 0 Å². The number of rotatable bonds is 4. The summed E-state index contributed by atoms with van der Waals surface area (Å²) >= 11 is 0. The summed E-state index contributed by atoms with van der Waals surface area (Å²) in [5, 5.41) is 14.0. The molecule has 5 rings (SSSR count). The van der Waals surface area contributed by atoms with Gasteiger partial charge in [0.15, 0.2) is 0 Å². The molecule has 137 valence electrons. The number of hydrogen-bond acceptors (Lipinski definition) is 2. The summed E-state index contributed by atoms with van der Waals surface area (Å²) in [6.07, 6.45) is 0. The van der Waals surface area contributed by atoms with Gasteiger partial charge in [-0.15, -0.1) is 0 Å². The molecule has 0 spiro atoms. The molecular formula is C26H18BO2. The van der Waals surface area contributed by atoms with Gasteiger partial charge in [0.25, 0.3) is 0 Å². The second kappa shape index (κ2) is 7.46. The largest absolute Gasteiger partial charge is 0.569 e. The van der Waals surface area contributed by atoms with Crippen molar-refractivity contribution >= 4 is 29.2 Å². The zero-order chi connectivity index (χ0) is 19.6. The van der Waals surface area contributed by atoms with Crippen LogP contribution in [0.1, 0.15) is 0 Å². The predicted octanol–water partition coefficient (Wildman–Crippen LogP) is 6.23. The molecule has 1 N–H and O–H groups in total. The first-order chi connectivity index (χ1) is 14.3. The molecule has 2 nitrogen and oxygen atoms in total. The molecule has 0 saturated carbocycles. The maximum atomic E-state index is 9.18. The van der Waals surface area contributed by atoms with Crippen molar-refractivity contribution in [3.05, 3.63) is 103 Å². The normalized spacial score (nSPS) is 10.9. The number of benzene rings is 5. The van der Waals surface area contributed by atoms with E-state index in [9.17, 15) is 5.02 Å². The van der Waals surface area contributed by atoms with Gasteiger partial charge in [0.05, 0.1) is 0 Å². The van der Waals surface area contributed by atoms with Crippen LogP contribution in [0.25, 0.3) is 43.8 Å². The molecule has 29 heavy (non-hydrogen) atoms. The van der Waals surface area contributed by atoms with Crippen LogP contribution in [0.4, 0.5) is 0 Å². The Balaban J connectivity index is 1.66. The molecule has 0 bridgehead atoms. The Morgan fingerprint density at radius 1 is 0.483 bits per heavy atom. The minimum Gasteiger partial charge on any atom is -0.537 e. The van der Waals surface area contributed by atoms with E-state index in [2.05, 4.69) is 66.7 Å². The number of hydrogen-bond donors (Lipinski definition) is 1. The lowest BCUT2D eigenvalue weighted by Crippen LogP contribution is -2.00. The Labute approximate surface area is 170 Å². The smallest absolute Gasteiger partial charge is 0.537 e. The fourth-order valence-corrected chi connectivity index (χ4v) is 3.80. The molecule has 0 heterocycles. The van der Waals surface area contributed by atoms with Crippen LogP contribution >= 0.6 is 0 Å². The van der Waals surface area contributed by atoms with Gasteiger partial charge in [-0.05, 0) is 74.1 Å². The fraction of sp³-hybridized carbons (Fsp3) is 0. The molecule has 0 atom stereocenters.